The molecule has 3 fully saturated rings. The van der Waals surface area contributed by atoms with Crippen molar-refractivity contribution in [3.63, 3.8) is 0 Å². The first-order valence-electron chi connectivity index (χ1n) is 12.4. The van der Waals surface area contributed by atoms with Crippen molar-refractivity contribution in [3.05, 3.63) is 23.9 Å². The Morgan fingerprint density at radius 2 is 1.82 bits per heavy atom. The van der Waals surface area contributed by atoms with Crippen LogP contribution in [0.1, 0.15) is 55.8 Å². The van der Waals surface area contributed by atoms with Gasteiger partial charge in [0.05, 0.1) is 29.0 Å². The number of nitrogens with zero attached hydrogens (tertiary/aromatic N) is 4. The summed E-state index contributed by atoms with van der Waals surface area (Å²) in [6.45, 7) is 5.83. The van der Waals surface area contributed by atoms with Gasteiger partial charge in [0, 0.05) is 45.0 Å². The number of pyridine rings is 2. The van der Waals surface area contributed by atoms with Gasteiger partial charge in [-0.3, -0.25) is 9.78 Å². The van der Waals surface area contributed by atoms with Crippen LogP contribution in [0.3, 0.4) is 0 Å². The predicted octanol–water partition coefficient (Wildman–Crippen LogP) is 2.44. The normalized spacial score (nSPS) is 28.5. The lowest BCUT2D eigenvalue weighted by Gasteiger charge is -2.32. The summed E-state index contributed by atoms with van der Waals surface area (Å²) in [6.07, 6.45) is 7.23. The average molecular weight is 454 g/mol. The van der Waals surface area contributed by atoms with E-state index in [2.05, 4.69) is 20.1 Å². The third-order valence-electron chi connectivity index (χ3n) is 7.52. The molecule has 2 aromatic heterocycles. The summed E-state index contributed by atoms with van der Waals surface area (Å²) in [5, 5.41) is 23.4. The second-order valence-electron chi connectivity index (χ2n) is 10.1. The van der Waals surface area contributed by atoms with Crippen LogP contribution in [0.25, 0.3) is 11.0 Å². The molecular formula is C25H35N5O3. The zero-order chi connectivity index (χ0) is 22.9. The number of carbonyl (C=O) groups is 1. The van der Waals surface area contributed by atoms with Crippen molar-refractivity contribution in [1.29, 1.82) is 0 Å². The van der Waals surface area contributed by atoms with Gasteiger partial charge in [0.2, 0.25) is 0 Å². The van der Waals surface area contributed by atoms with E-state index in [1.165, 1.54) is 0 Å². The highest BCUT2D eigenvalue weighted by Crippen LogP contribution is 2.33. The minimum atomic E-state index is -0.319. The minimum Gasteiger partial charge on any atom is -0.392 e. The molecule has 0 bridgehead atoms. The molecule has 8 heteroatoms. The molecular weight excluding hydrogens is 418 g/mol. The molecule has 0 amide bonds. The molecule has 178 valence electrons. The molecule has 2 atom stereocenters. The van der Waals surface area contributed by atoms with Crippen LogP contribution in [0, 0.1) is 5.92 Å². The van der Waals surface area contributed by atoms with Crippen LogP contribution in [0.2, 0.25) is 0 Å². The number of rotatable bonds is 6. The third kappa shape index (κ3) is 4.98. The van der Waals surface area contributed by atoms with Crippen molar-refractivity contribution < 1.29 is 15.0 Å². The molecule has 5 rings (SSSR count). The van der Waals surface area contributed by atoms with Crippen LogP contribution >= 0.6 is 0 Å². The zero-order valence-electron chi connectivity index (χ0n) is 19.4. The van der Waals surface area contributed by atoms with E-state index in [1.807, 2.05) is 12.1 Å². The highest BCUT2D eigenvalue weighted by molar-refractivity contribution is 6.06. The Hall–Kier alpha value is -2.29. The van der Waals surface area contributed by atoms with Crippen LogP contribution < -0.4 is 10.2 Å². The van der Waals surface area contributed by atoms with Gasteiger partial charge in [-0.15, -0.1) is 0 Å². The number of nitrogens with one attached hydrogen (secondary N) is 1. The van der Waals surface area contributed by atoms with Gasteiger partial charge in [0.25, 0.3) is 0 Å². The van der Waals surface area contributed by atoms with E-state index >= 15 is 0 Å². The molecule has 33 heavy (non-hydrogen) atoms. The van der Waals surface area contributed by atoms with Gasteiger partial charge in [0.15, 0.2) is 5.78 Å². The van der Waals surface area contributed by atoms with Gasteiger partial charge >= 0.3 is 0 Å². The summed E-state index contributed by atoms with van der Waals surface area (Å²) in [5.74, 6) is 1.47. The van der Waals surface area contributed by atoms with Gasteiger partial charge in [0.1, 0.15) is 11.3 Å². The Morgan fingerprint density at radius 3 is 2.48 bits per heavy atom. The number of anilines is 2. The summed E-state index contributed by atoms with van der Waals surface area (Å²) in [5.41, 5.74) is 2.88. The largest absolute Gasteiger partial charge is 0.392 e. The van der Waals surface area contributed by atoms with Crippen molar-refractivity contribution in [2.75, 3.05) is 42.9 Å². The molecule has 1 aliphatic carbocycles. The number of aliphatic hydroxyl groups excluding tert-OH is 2. The minimum absolute atomic E-state index is 0.0167. The molecule has 8 nitrogen and oxygen atoms in total. The predicted molar refractivity (Wildman–Crippen MR) is 129 cm³/mol. The van der Waals surface area contributed by atoms with Gasteiger partial charge in [-0.1, -0.05) is 0 Å². The van der Waals surface area contributed by atoms with Crippen LogP contribution in [0.5, 0.6) is 0 Å². The number of likely N-dealkylation sites (tertiary alicyclic amines) is 1. The molecule has 4 heterocycles. The van der Waals surface area contributed by atoms with Gasteiger partial charge < -0.3 is 25.3 Å². The molecule has 3 N–H and O–H groups in total. The van der Waals surface area contributed by atoms with E-state index in [-0.39, 0.29) is 18.0 Å². The second kappa shape index (κ2) is 9.52. The van der Waals surface area contributed by atoms with E-state index in [9.17, 15) is 15.0 Å². The summed E-state index contributed by atoms with van der Waals surface area (Å²) in [6, 6.07) is 4.21. The molecule has 2 aromatic rings. The third-order valence-corrected chi connectivity index (χ3v) is 7.52. The zero-order valence-corrected chi connectivity index (χ0v) is 19.4. The van der Waals surface area contributed by atoms with Crippen LogP contribution in [-0.2, 0) is 0 Å². The molecule has 2 aliphatic heterocycles. The van der Waals surface area contributed by atoms with Gasteiger partial charge in [-0.25, -0.2) is 4.98 Å². The highest BCUT2D eigenvalue weighted by atomic mass is 16.3. The molecule has 2 unspecified atom stereocenters. The SMILES string of the molecule is CC(=O)c1cnc2ccc(N3CCC(O)C3)nc2c1NC1CCC(CN2CCC(O)C2)CC1. The first kappa shape index (κ1) is 22.5. The monoisotopic (exact) mass is 453 g/mol. The Labute approximate surface area is 195 Å². The van der Waals surface area contributed by atoms with E-state index in [1.54, 1.807) is 13.1 Å². The van der Waals surface area contributed by atoms with E-state index in [0.717, 1.165) is 87.2 Å². The first-order chi connectivity index (χ1) is 16.0. The Kier molecular flexibility index (Phi) is 6.49. The van der Waals surface area contributed by atoms with Crippen LogP contribution in [0.15, 0.2) is 18.3 Å². The first-order valence-corrected chi connectivity index (χ1v) is 12.4. The second-order valence-corrected chi connectivity index (χ2v) is 10.1. The summed E-state index contributed by atoms with van der Waals surface area (Å²) < 4.78 is 0. The fourth-order valence-electron chi connectivity index (χ4n) is 5.63. The number of hydrogen-bond donors (Lipinski definition) is 3. The Morgan fingerprint density at radius 1 is 1.06 bits per heavy atom. The van der Waals surface area contributed by atoms with Gasteiger partial charge in [-0.2, -0.15) is 0 Å². The fourth-order valence-corrected chi connectivity index (χ4v) is 5.63. The maximum absolute atomic E-state index is 12.4. The number of β-amino-alcohol motifs (C(OH)–C–C–N with tert-alkyl or cyclic N) is 2. The van der Waals surface area contributed by atoms with Crippen LogP contribution in [0.4, 0.5) is 11.5 Å². The van der Waals surface area contributed by atoms with Crippen molar-refractivity contribution >= 4 is 28.3 Å². The van der Waals surface area contributed by atoms with Crippen molar-refractivity contribution in [2.45, 2.75) is 63.7 Å². The number of Topliss-reactive ketones (excluding diaryl/α,β-unsaturated/α-hetero) is 1. The van der Waals surface area contributed by atoms with Crippen molar-refractivity contribution in [3.8, 4) is 0 Å². The lowest BCUT2D eigenvalue weighted by atomic mass is 9.85. The summed E-state index contributed by atoms with van der Waals surface area (Å²) in [4.78, 5) is 26.3. The van der Waals surface area contributed by atoms with E-state index in [4.69, 9.17) is 4.98 Å². The van der Waals surface area contributed by atoms with E-state index < -0.39 is 0 Å². The molecule has 1 saturated carbocycles. The molecule has 0 aromatic carbocycles. The molecule has 3 aliphatic rings. The summed E-state index contributed by atoms with van der Waals surface area (Å²) >= 11 is 0. The number of aliphatic hydroxyl groups is 2. The number of aromatic nitrogens is 2. The highest BCUT2D eigenvalue weighted by Gasteiger charge is 2.28. The van der Waals surface area contributed by atoms with Crippen molar-refractivity contribution in [1.82, 2.24) is 14.9 Å². The Balaban J connectivity index is 1.33. The lowest BCUT2D eigenvalue weighted by molar-refractivity contribution is 0.101. The topological polar surface area (TPSA) is 102 Å². The standard InChI is InChI=1S/C25H35N5O3/c1-16(31)21-12-26-22-6-7-23(30-11-9-20(33)15-30)28-25(22)24(21)27-18-4-2-17(3-5-18)13-29-10-8-19(32)14-29/h6-7,12,17-20,32-33H,2-5,8-11,13-15H2,1H3,(H,26,27). The van der Waals surface area contributed by atoms with Crippen LogP contribution in [-0.4, -0.2) is 81.8 Å². The molecule has 0 spiro atoms. The fraction of sp³-hybridized carbons (Fsp3) is 0.640. The van der Waals surface area contributed by atoms with Crippen molar-refractivity contribution in [2.24, 2.45) is 5.92 Å². The quantitative estimate of drug-likeness (QED) is 0.574. The Bertz CT molecular complexity index is 1010. The van der Waals surface area contributed by atoms with E-state index in [0.29, 0.717) is 24.1 Å². The number of carbonyl (C=O) groups excluding carboxylic acids is 1. The average Bonchev–Trinajstić information content (AvgIpc) is 3.42. The number of ketones is 1. The summed E-state index contributed by atoms with van der Waals surface area (Å²) in [7, 11) is 0. The lowest BCUT2D eigenvalue weighted by Crippen LogP contribution is -2.33. The molecule has 0 radical (unpaired) electrons. The maximum atomic E-state index is 12.4. The van der Waals surface area contributed by atoms with Gasteiger partial charge in [-0.05, 0) is 63.5 Å². The molecule has 2 saturated heterocycles. The number of fused-ring (bicyclic) bond motifs is 1. The number of hydrogen-bond acceptors (Lipinski definition) is 8. The smallest absolute Gasteiger partial charge is 0.163 e. The maximum Gasteiger partial charge on any atom is 0.163 e.